The highest BCUT2D eigenvalue weighted by Crippen LogP contribution is 2.21. The SMILES string of the molecule is CC(CNC(=O)C1CCN(S(=O)(=O)N(C)C)CC1)c1ccccc1. The zero-order valence-electron chi connectivity index (χ0n) is 14.6. The second-order valence-corrected chi connectivity index (χ2v) is 8.66. The van der Waals surface area contributed by atoms with Gasteiger partial charge in [-0.1, -0.05) is 37.3 Å². The molecule has 1 unspecified atom stereocenters. The van der Waals surface area contributed by atoms with Crippen LogP contribution in [0.2, 0.25) is 0 Å². The molecule has 0 aliphatic carbocycles. The van der Waals surface area contributed by atoms with Crippen molar-refractivity contribution >= 4 is 16.1 Å². The summed E-state index contributed by atoms with van der Waals surface area (Å²) in [6.45, 7) is 3.47. The molecule has 1 atom stereocenters. The highest BCUT2D eigenvalue weighted by atomic mass is 32.2. The lowest BCUT2D eigenvalue weighted by molar-refractivity contribution is -0.126. The van der Waals surface area contributed by atoms with E-state index in [0.717, 1.165) is 0 Å². The van der Waals surface area contributed by atoms with E-state index in [2.05, 4.69) is 24.4 Å². The number of piperidine rings is 1. The van der Waals surface area contributed by atoms with Crippen LogP contribution < -0.4 is 5.32 Å². The van der Waals surface area contributed by atoms with E-state index in [-0.39, 0.29) is 17.7 Å². The average molecular weight is 353 g/mol. The normalized spacial score (nSPS) is 18.5. The Morgan fingerprint density at radius 3 is 2.38 bits per heavy atom. The highest BCUT2D eigenvalue weighted by Gasteiger charge is 2.32. The van der Waals surface area contributed by atoms with Crippen LogP contribution in [0.5, 0.6) is 0 Å². The van der Waals surface area contributed by atoms with E-state index in [1.807, 2.05) is 18.2 Å². The van der Waals surface area contributed by atoms with Crippen molar-refractivity contribution in [1.29, 1.82) is 0 Å². The zero-order chi connectivity index (χ0) is 17.7. The molecule has 1 aliphatic heterocycles. The summed E-state index contributed by atoms with van der Waals surface area (Å²) in [6, 6.07) is 10.1. The lowest BCUT2D eigenvalue weighted by Gasteiger charge is -2.32. The average Bonchev–Trinajstić information content (AvgIpc) is 2.60. The number of hydrogen-bond acceptors (Lipinski definition) is 3. The van der Waals surface area contributed by atoms with Gasteiger partial charge in [0.2, 0.25) is 5.91 Å². The fraction of sp³-hybridized carbons (Fsp3) is 0.588. The lowest BCUT2D eigenvalue weighted by Crippen LogP contribution is -2.47. The van der Waals surface area contributed by atoms with Gasteiger partial charge in [0.15, 0.2) is 0 Å². The van der Waals surface area contributed by atoms with Crippen LogP contribution in [0, 0.1) is 5.92 Å². The number of amides is 1. The van der Waals surface area contributed by atoms with Crippen molar-refractivity contribution in [1.82, 2.24) is 13.9 Å². The van der Waals surface area contributed by atoms with Gasteiger partial charge in [0.1, 0.15) is 0 Å². The molecule has 1 saturated heterocycles. The Hall–Kier alpha value is -1.44. The second kappa shape index (κ2) is 8.09. The molecule has 1 heterocycles. The number of rotatable bonds is 6. The van der Waals surface area contributed by atoms with Gasteiger partial charge in [-0.2, -0.15) is 17.0 Å². The first-order valence-electron chi connectivity index (χ1n) is 8.32. The molecule has 1 N–H and O–H groups in total. The molecule has 7 heteroatoms. The summed E-state index contributed by atoms with van der Waals surface area (Å²) in [5.74, 6) is 0.172. The minimum absolute atomic E-state index is 0.0275. The van der Waals surface area contributed by atoms with Gasteiger partial charge in [-0.15, -0.1) is 0 Å². The molecule has 2 rings (SSSR count). The summed E-state index contributed by atoms with van der Waals surface area (Å²) < 4.78 is 26.8. The van der Waals surface area contributed by atoms with E-state index in [1.165, 1.54) is 28.3 Å². The summed E-state index contributed by atoms with van der Waals surface area (Å²) >= 11 is 0. The van der Waals surface area contributed by atoms with Crippen LogP contribution in [-0.4, -0.2) is 56.7 Å². The number of nitrogens with one attached hydrogen (secondary N) is 1. The molecule has 1 amide bonds. The molecule has 0 saturated carbocycles. The predicted molar refractivity (Wildman–Crippen MR) is 94.8 cm³/mol. The Balaban J connectivity index is 1.81. The van der Waals surface area contributed by atoms with Crippen LogP contribution in [0.25, 0.3) is 0 Å². The predicted octanol–water partition coefficient (Wildman–Crippen LogP) is 1.42. The molecule has 1 aromatic rings. The maximum Gasteiger partial charge on any atom is 0.281 e. The van der Waals surface area contributed by atoms with Crippen molar-refractivity contribution in [2.24, 2.45) is 5.92 Å². The van der Waals surface area contributed by atoms with Crippen LogP contribution >= 0.6 is 0 Å². The largest absolute Gasteiger partial charge is 0.355 e. The Kier molecular flexibility index (Phi) is 6.37. The molecule has 0 aromatic heterocycles. The molecule has 0 spiro atoms. The van der Waals surface area contributed by atoms with Gasteiger partial charge in [-0.25, -0.2) is 0 Å². The van der Waals surface area contributed by atoms with E-state index in [0.29, 0.717) is 32.5 Å². The van der Waals surface area contributed by atoms with Gasteiger partial charge < -0.3 is 5.32 Å². The first-order valence-corrected chi connectivity index (χ1v) is 9.72. The van der Waals surface area contributed by atoms with Crippen LogP contribution in [-0.2, 0) is 15.0 Å². The van der Waals surface area contributed by atoms with Crippen LogP contribution in [0.15, 0.2) is 30.3 Å². The molecule has 0 bridgehead atoms. The molecule has 134 valence electrons. The Labute approximate surface area is 145 Å². The molecular formula is C17H27N3O3S. The number of hydrogen-bond donors (Lipinski definition) is 1. The van der Waals surface area contributed by atoms with Gasteiger partial charge in [-0.3, -0.25) is 4.79 Å². The minimum Gasteiger partial charge on any atom is -0.355 e. The number of benzene rings is 1. The van der Waals surface area contributed by atoms with E-state index < -0.39 is 10.2 Å². The highest BCUT2D eigenvalue weighted by molar-refractivity contribution is 7.86. The summed E-state index contributed by atoms with van der Waals surface area (Å²) in [4.78, 5) is 12.3. The van der Waals surface area contributed by atoms with Gasteiger partial charge in [0, 0.05) is 39.6 Å². The molecule has 1 aromatic carbocycles. The number of carbonyl (C=O) groups excluding carboxylic acids is 1. The summed E-state index contributed by atoms with van der Waals surface area (Å²) in [6.07, 6.45) is 1.14. The quantitative estimate of drug-likeness (QED) is 0.841. The third kappa shape index (κ3) is 4.55. The molecule has 1 fully saturated rings. The summed E-state index contributed by atoms with van der Waals surface area (Å²) in [5, 5.41) is 3.01. The summed E-state index contributed by atoms with van der Waals surface area (Å²) in [5.41, 5.74) is 1.20. The third-order valence-corrected chi connectivity index (χ3v) is 6.50. The van der Waals surface area contributed by atoms with E-state index in [9.17, 15) is 13.2 Å². The van der Waals surface area contributed by atoms with Crippen molar-refractivity contribution in [3.05, 3.63) is 35.9 Å². The van der Waals surface area contributed by atoms with Crippen molar-refractivity contribution in [3.63, 3.8) is 0 Å². The minimum atomic E-state index is -3.38. The Morgan fingerprint density at radius 2 is 1.83 bits per heavy atom. The van der Waals surface area contributed by atoms with Gasteiger partial charge in [0.05, 0.1) is 0 Å². The molecule has 6 nitrogen and oxygen atoms in total. The van der Waals surface area contributed by atoms with Gasteiger partial charge >= 0.3 is 0 Å². The fourth-order valence-electron chi connectivity index (χ4n) is 2.88. The molecule has 24 heavy (non-hydrogen) atoms. The van der Waals surface area contributed by atoms with Crippen molar-refractivity contribution in [2.45, 2.75) is 25.7 Å². The lowest BCUT2D eigenvalue weighted by atomic mass is 9.96. The van der Waals surface area contributed by atoms with Gasteiger partial charge in [0.25, 0.3) is 10.2 Å². The smallest absolute Gasteiger partial charge is 0.281 e. The maximum atomic E-state index is 12.3. The molecular weight excluding hydrogens is 326 g/mol. The Morgan fingerprint density at radius 1 is 1.25 bits per heavy atom. The Bertz CT molecular complexity index is 638. The number of carbonyl (C=O) groups is 1. The van der Waals surface area contributed by atoms with E-state index in [1.54, 1.807) is 0 Å². The fourth-order valence-corrected chi connectivity index (χ4v) is 4.01. The summed E-state index contributed by atoms with van der Waals surface area (Å²) in [7, 11) is -0.322. The first kappa shape index (κ1) is 18.9. The maximum absolute atomic E-state index is 12.3. The number of nitrogens with zero attached hydrogens (tertiary/aromatic N) is 2. The monoisotopic (exact) mass is 353 g/mol. The third-order valence-electron chi connectivity index (χ3n) is 4.56. The molecule has 1 aliphatic rings. The standard InChI is InChI=1S/C17H27N3O3S/c1-14(15-7-5-4-6-8-15)13-18-17(21)16-9-11-20(12-10-16)24(22,23)19(2)3/h4-8,14,16H,9-13H2,1-3H3,(H,18,21). The van der Waals surface area contributed by atoms with Gasteiger partial charge in [-0.05, 0) is 24.3 Å². The van der Waals surface area contributed by atoms with Crippen LogP contribution in [0.1, 0.15) is 31.2 Å². The second-order valence-electron chi connectivity index (χ2n) is 6.52. The van der Waals surface area contributed by atoms with Crippen molar-refractivity contribution in [3.8, 4) is 0 Å². The van der Waals surface area contributed by atoms with E-state index in [4.69, 9.17) is 0 Å². The van der Waals surface area contributed by atoms with Crippen LogP contribution in [0.3, 0.4) is 0 Å². The first-order chi connectivity index (χ1) is 11.3. The van der Waals surface area contributed by atoms with Crippen molar-refractivity contribution in [2.75, 3.05) is 33.7 Å². The van der Waals surface area contributed by atoms with Crippen molar-refractivity contribution < 1.29 is 13.2 Å². The molecule has 0 radical (unpaired) electrons. The van der Waals surface area contributed by atoms with Crippen LogP contribution in [0.4, 0.5) is 0 Å². The topological polar surface area (TPSA) is 69.7 Å². The zero-order valence-corrected chi connectivity index (χ0v) is 15.4. The van der Waals surface area contributed by atoms with E-state index >= 15 is 0 Å².